The number of para-hydroxylation sites is 1. The van der Waals surface area contributed by atoms with Gasteiger partial charge in [0.05, 0.1) is 5.92 Å². The number of fused-ring (bicyclic) bond motifs is 2. The number of amides is 2. The van der Waals surface area contributed by atoms with Crippen LogP contribution in [0, 0.1) is 5.92 Å². The number of rotatable bonds is 1. The van der Waals surface area contributed by atoms with E-state index in [0.29, 0.717) is 13.0 Å². The molecule has 1 fully saturated rings. The molecule has 2 amide bonds. The maximum Gasteiger partial charge on any atom is 0.249 e. The molecule has 0 aliphatic carbocycles. The van der Waals surface area contributed by atoms with E-state index in [2.05, 4.69) is 10.6 Å². The van der Waals surface area contributed by atoms with E-state index in [1.807, 2.05) is 24.3 Å². The SMILES string of the molecule is NC(=O)[C@H]1CN[C@]2(C1)C(=O)Nc1ccccc12. The Kier molecular flexibility index (Phi) is 2.00. The molecule has 2 heterocycles. The van der Waals surface area contributed by atoms with Crippen molar-refractivity contribution >= 4 is 17.5 Å². The fourth-order valence-electron chi connectivity index (χ4n) is 2.71. The first-order valence-corrected chi connectivity index (χ1v) is 5.59. The summed E-state index contributed by atoms with van der Waals surface area (Å²) < 4.78 is 0. The molecule has 0 aromatic heterocycles. The molecule has 3 rings (SSSR count). The number of nitrogens with one attached hydrogen (secondary N) is 2. The van der Waals surface area contributed by atoms with E-state index in [4.69, 9.17) is 5.73 Å². The van der Waals surface area contributed by atoms with Gasteiger partial charge in [0.1, 0.15) is 5.54 Å². The van der Waals surface area contributed by atoms with Gasteiger partial charge in [0.2, 0.25) is 11.8 Å². The summed E-state index contributed by atoms with van der Waals surface area (Å²) in [6, 6.07) is 7.53. The average Bonchev–Trinajstić information content (AvgIpc) is 2.85. The predicted molar refractivity (Wildman–Crippen MR) is 62.1 cm³/mol. The van der Waals surface area contributed by atoms with Crippen molar-refractivity contribution < 1.29 is 9.59 Å². The molecule has 1 spiro atoms. The highest BCUT2D eigenvalue weighted by Gasteiger charge is 2.52. The molecule has 2 aliphatic rings. The summed E-state index contributed by atoms with van der Waals surface area (Å²) in [4.78, 5) is 23.3. The first-order valence-electron chi connectivity index (χ1n) is 5.59. The minimum atomic E-state index is -0.768. The maximum atomic E-state index is 12.1. The number of carbonyl (C=O) groups is 2. The minimum absolute atomic E-state index is 0.0950. The van der Waals surface area contributed by atoms with Gasteiger partial charge in [-0.15, -0.1) is 0 Å². The molecule has 1 aromatic carbocycles. The van der Waals surface area contributed by atoms with Crippen LogP contribution < -0.4 is 16.4 Å². The zero-order valence-electron chi connectivity index (χ0n) is 9.19. The van der Waals surface area contributed by atoms with Crippen molar-refractivity contribution in [2.45, 2.75) is 12.0 Å². The van der Waals surface area contributed by atoms with Crippen LogP contribution >= 0.6 is 0 Å². The van der Waals surface area contributed by atoms with Gasteiger partial charge in [0.25, 0.3) is 0 Å². The molecule has 5 nitrogen and oxygen atoms in total. The number of benzene rings is 1. The van der Waals surface area contributed by atoms with E-state index in [1.165, 1.54) is 0 Å². The fourth-order valence-corrected chi connectivity index (χ4v) is 2.71. The summed E-state index contributed by atoms with van der Waals surface area (Å²) in [5, 5.41) is 5.99. The van der Waals surface area contributed by atoms with Crippen LogP contribution in [0.3, 0.4) is 0 Å². The Morgan fingerprint density at radius 3 is 2.88 bits per heavy atom. The standard InChI is InChI=1S/C12H13N3O2/c13-10(16)7-5-12(14-6-7)8-3-1-2-4-9(8)15-11(12)17/h1-4,7,14H,5-6H2,(H2,13,16)(H,15,17)/t7-,12+/m1/s1. The largest absolute Gasteiger partial charge is 0.369 e. The van der Waals surface area contributed by atoms with E-state index < -0.39 is 5.54 Å². The maximum absolute atomic E-state index is 12.1. The summed E-state index contributed by atoms with van der Waals surface area (Å²) in [5.74, 6) is -0.735. The van der Waals surface area contributed by atoms with Crippen molar-refractivity contribution in [1.82, 2.24) is 5.32 Å². The lowest BCUT2D eigenvalue weighted by atomic mass is 9.86. The first-order chi connectivity index (χ1) is 8.13. The molecule has 0 radical (unpaired) electrons. The van der Waals surface area contributed by atoms with Crippen LogP contribution in [0.2, 0.25) is 0 Å². The Labute approximate surface area is 98.4 Å². The van der Waals surface area contributed by atoms with E-state index in [-0.39, 0.29) is 17.7 Å². The average molecular weight is 231 g/mol. The minimum Gasteiger partial charge on any atom is -0.369 e. The zero-order valence-corrected chi connectivity index (χ0v) is 9.19. The summed E-state index contributed by atoms with van der Waals surface area (Å²) in [6.07, 6.45) is 0.436. The Morgan fingerprint density at radius 1 is 1.41 bits per heavy atom. The van der Waals surface area contributed by atoms with Gasteiger partial charge in [-0.1, -0.05) is 18.2 Å². The third-order valence-electron chi connectivity index (χ3n) is 3.63. The Balaban J connectivity index is 2.04. The monoisotopic (exact) mass is 231 g/mol. The number of carbonyl (C=O) groups excluding carboxylic acids is 2. The van der Waals surface area contributed by atoms with Gasteiger partial charge in [-0.05, 0) is 12.5 Å². The first kappa shape index (κ1) is 10.3. The summed E-state index contributed by atoms with van der Waals surface area (Å²) >= 11 is 0. The topological polar surface area (TPSA) is 84.2 Å². The van der Waals surface area contributed by atoms with Crippen LogP contribution in [0.15, 0.2) is 24.3 Å². The Morgan fingerprint density at radius 2 is 2.18 bits per heavy atom. The van der Waals surface area contributed by atoms with Gasteiger partial charge in [-0.2, -0.15) is 0 Å². The lowest BCUT2D eigenvalue weighted by molar-refractivity contribution is -0.122. The molecule has 2 atom stereocenters. The van der Waals surface area contributed by atoms with Gasteiger partial charge >= 0.3 is 0 Å². The summed E-state index contributed by atoms with van der Waals surface area (Å²) in [6.45, 7) is 0.455. The van der Waals surface area contributed by atoms with Crippen LogP contribution in [0.1, 0.15) is 12.0 Å². The third kappa shape index (κ3) is 1.29. The number of anilines is 1. The lowest BCUT2D eigenvalue weighted by Gasteiger charge is -2.21. The van der Waals surface area contributed by atoms with E-state index >= 15 is 0 Å². The molecule has 17 heavy (non-hydrogen) atoms. The van der Waals surface area contributed by atoms with Crippen LogP contribution in [-0.2, 0) is 15.1 Å². The van der Waals surface area contributed by atoms with Crippen molar-refractivity contribution in [3.8, 4) is 0 Å². The highest BCUT2D eigenvalue weighted by Crippen LogP contribution is 2.42. The quantitative estimate of drug-likeness (QED) is 0.632. The molecule has 5 heteroatoms. The second-order valence-corrected chi connectivity index (χ2v) is 4.59. The smallest absolute Gasteiger partial charge is 0.249 e. The molecule has 1 saturated heterocycles. The van der Waals surface area contributed by atoms with Crippen molar-refractivity contribution in [1.29, 1.82) is 0 Å². The lowest BCUT2D eigenvalue weighted by Crippen LogP contribution is -2.43. The van der Waals surface area contributed by atoms with Gasteiger partial charge < -0.3 is 11.1 Å². The Hall–Kier alpha value is -1.88. The van der Waals surface area contributed by atoms with Crippen LogP contribution in [0.4, 0.5) is 5.69 Å². The van der Waals surface area contributed by atoms with E-state index in [1.54, 1.807) is 0 Å². The highest BCUT2D eigenvalue weighted by atomic mass is 16.2. The molecular formula is C12H13N3O2. The van der Waals surface area contributed by atoms with Crippen molar-refractivity contribution in [3.63, 3.8) is 0 Å². The molecule has 1 aromatic rings. The van der Waals surface area contributed by atoms with Crippen molar-refractivity contribution in [3.05, 3.63) is 29.8 Å². The molecule has 2 aliphatic heterocycles. The summed E-state index contributed by atoms with van der Waals surface area (Å²) in [5.41, 5.74) is 6.26. The second kappa shape index (κ2) is 3.30. The van der Waals surface area contributed by atoms with Crippen LogP contribution in [0.25, 0.3) is 0 Å². The van der Waals surface area contributed by atoms with Crippen molar-refractivity contribution in [2.24, 2.45) is 11.7 Å². The fraction of sp³-hybridized carbons (Fsp3) is 0.333. The molecule has 0 saturated carbocycles. The number of hydrogen-bond donors (Lipinski definition) is 3. The Bertz CT molecular complexity index is 514. The number of primary amides is 1. The normalized spacial score (nSPS) is 30.4. The number of hydrogen-bond acceptors (Lipinski definition) is 3. The predicted octanol–water partition coefficient (Wildman–Crippen LogP) is -0.0712. The zero-order chi connectivity index (χ0) is 12.0. The van der Waals surface area contributed by atoms with Crippen molar-refractivity contribution in [2.75, 3.05) is 11.9 Å². The molecule has 4 N–H and O–H groups in total. The number of nitrogens with two attached hydrogens (primary N) is 1. The molecule has 0 bridgehead atoms. The summed E-state index contributed by atoms with van der Waals surface area (Å²) in [7, 11) is 0. The van der Waals surface area contributed by atoms with Gasteiger partial charge in [-0.25, -0.2) is 0 Å². The second-order valence-electron chi connectivity index (χ2n) is 4.59. The molecular weight excluding hydrogens is 218 g/mol. The van der Waals surface area contributed by atoms with Gasteiger partial charge in [0.15, 0.2) is 0 Å². The van der Waals surface area contributed by atoms with E-state index in [0.717, 1.165) is 11.3 Å². The van der Waals surface area contributed by atoms with Crippen LogP contribution in [0.5, 0.6) is 0 Å². The molecule has 0 unspecified atom stereocenters. The molecule has 88 valence electrons. The van der Waals surface area contributed by atoms with Gasteiger partial charge in [0, 0.05) is 17.8 Å². The van der Waals surface area contributed by atoms with Gasteiger partial charge in [-0.3, -0.25) is 14.9 Å². The van der Waals surface area contributed by atoms with Crippen LogP contribution in [-0.4, -0.2) is 18.4 Å². The third-order valence-corrected chi connectivity index (χ3v) is 3.63. The van der Waals surface area contributed by atoms with E-state index in [9.17, 15) is 9.59 Å². The highest BCUT2D eigenvalue weighted by molar-refractivity contribution is 6.06.